The molecule has 0 heterocycles. The first-order valence-electron chi connectivity index (χ1n) is 14.2. The predicted octanol–water partition coefficient (Wildman–Crippen LogP) is 6.16. The highest BCUT2D eigenvalue weighted by Crippen LogP contribution is 2.33. The van der Waals surface area contributed by atoms with Crippen LogP contribution in [-0.4, -0.2) is 50.2 Å². The summed E-state index contributed by atoms with van der Waals surface area (Å²) >= 11 is 0. The molecule has 9 nitrogen and oxygen atoms in total. The van der Waals surface area contributed by atoms with Crippen molar-refractivity contribution >= 4 is 23.6 Å². The number of carbonyl (C=O) groups excluding carboxylic acids is 3. The van der Waals surface area contributed by atoms with Crippen LogP contribution in [0.5, 0.6) is 11.5 Å². The molecule has 0 radical (unpaired) electrons. The Morgan fingerprint density at radius 1 is 0.837 bits per heavy atom. The third kappa shape index (κ3) is 8.98. The highest BCUT2D eigenvalue weighted by Gasteiger charge is 2.42. The molecular formula is C34H43N3O6. The molecule has 0 aromatic heterocycles. The lowest BCUT2D eigenvalue weighted by Crippen LogP contribution is -2.58. The number of phenols is 2. The van der Waals surface area contributed by atoms with Crippen LogP contribution in [0.2, 0.25) is 0 Å². The molecular weight excluding hydrogens is 546 g/mol. The quantitative estimate of drug-likeness (QED) is 0.249. The fourth-order valence-corrected chi connectivity index (χ4v) is 4.85. The van der Waals surface area contributed by atoms with Crippen LogP contribution < -0.4 is 10.6 Å². The van der Waals surface area contributed by atoms with E-state index in [-0.39, 0.29) is 17.9 Å². The maximum absolute atomic E-state index is 14.6. The molecule has 2 atom stereocenters. The van der Waals surface area contributed by atoms with Crippen LogP contribution in [-0.2, 0) is 20.7 Å². The summed E-state index contributed by atoms with van der Waals surface area (Å²) < 4.78 is 5.48. The standard InChI is InChI=1S/C34H43N3O6/c1-21-11-9-12-22(2)28(21)36-30(40)29(24-13-10-14-26(39)20-24)37(33(3,4)5)31(41)27(35-32(42)43-34(6,7)8)19-23-15-17-25(38)18-16-23/h9-18,20,27,29,38-39H,19H2,1-8H3,(H,35,42)(H,36,40). The van der Waals surface area contributed by atoms with Gasteiger partial charge in [-0.25, -0.2) is 4.79 Å². The van der Waals surface area contributed by atoms with Crippen LogP contribution in [0.4, 0.5) is 10.5 Å². The number of aryl methyl sites for hydroxylation is 2. The number of carbonyl (C=O) groups is 3. The molecule has 43 heavy (non-hydrogen) atoms. The molecule has 3 aromatic rings. The number of amides is 3. The lowest BCUT2D eigenvalue weighted by molar-refractivity contribution is -0.146. The van der Waals surface area contributed by atoms with E-state index >= 15 is 0 Å². The summed E-state index contributed by atoms with van der Waals surface area (Å²) in [4.78, 5) is 43.2. The number of nitrogens with one attached hydrogen (secondary N) is 2. The Morgan fingerprint density at radius 2 is 1.42 bits per heavy atom. The number of nitrogens with zero attached hydrogens (tertiary/aromatic N) is 1. The number of phenolic OH excluding ortho intramolecular Hbond substituents is 2. The van der Waals surface area contributed by atoms with Crippen LogP contribution in [0.15, 0.2) is 66.7 Å². The first-order valence-corrected chi connectivity index (χ1v) is 14.2. The van der Waals surface area contributed by atoms with Gasteiger partial charge in [-0.3, -0.25) is 9.59 Å². The topological polar surface area (TPSA) is 128 Å². The number of alkyl carbamates (subject to hydrolysis) is 1. The summed E-state index contributed by atoms with van der Waals surface area (Å²) in [6.07, 6.45) is -0.719. The second kappa shape index (κ2) is 13.2. The van der Waals surface area contributed by atoms with E-state index in [0.29, 0.717) is 16.8 Å². The van der Waals surface area contributed by atoms with Gasteiger partial charge in [0.1, 0.15) is 29.2 Å². The van der Waals surface area contributed by atoms with Gasteiger partial charge in [0, 0.05) is 17.6 Å². The van der Waals surface area contributed by atoms with Crippen LogP contribution in [0, 0.1) is 13.8 Å². The predicted molar refractivity (Wildman–Crippen MR) is 167 cm³/mol. The molecule has 4 N–H and O–H groups in total. The number of hydrogen-bond donors (Lipinski definition) is 4. The fourth-order valence-electron chi connectivity index (χ4n) is 4.85. The average Bonchev–Trinajstić information content (AvgIpc) is 2.88. The van der Waals surface area contributed by atoms with Crippen LogP contribution in [0.1, 0.15) is 69.8 Å². The summed E-state index contributed by atoms with van der Waals surface area (Å²) in [6.45, 7) is 14.4. The molecule has 0 aliphatic carbocycles. The maximum atomic E-state index is 14.6. The second-order valence-electron chi connectivity index (χ2n) is 12.7. The van der Waals surface area contributed by atoms with Crippen molar-refractivity contribution in [1.29, 1.82) is 0 Å². The van der Waals surface area contributed by atoms with Crippen molar-refractivity contribution in [2.75, 3.05) is 5.32 Å². The minimum Gasteiger partial charge on any atom is -0.508 e. The van der Waals surface area contributed by atoms with Gasteiger partial charge < -0.3 is 30.5 Å². The van der Waals surface area contributed by atoms with Crippen molar-refractivity contribution in [2.45, 2.75) is 85.0 Å². The van der Waals surface area contributed by atoms with Gasteiger partial charge in [-0.2, -0.15) is 0 Å². The van der Waals surface area contributed by atoms with E-state index < -0.39 is 41.1 Å². The molecule has 0 spiro atoms. The largest absolute Gasteiger partial charge is 0.508 e. The van der Waals surface area contributed by atoms with Crippen molar-refractivity contribution < 1.29 is 29.3 Å². The van der Waals surface area contributed by atoms with Crippen molar-refractivity contribution in [3.63, 3.8) is 0 Å². The molecule has 230 valence electrons. The van der Waals surface area contributed by atoms with E-state index in [2.05, 4.69) is 10.6 Å². The third-order valence-corrected chi connectivity index (χ3v) is 6.75. The minimum atomic E-state index is -1.18. The Hall–Kier alpha value is -4.53. The SMILES string of the molecule is Cc1cccc(C)c1NC(=O)C(c1cccc(O)c1)N(C(=O)C(Cc1ccc(O)cc1)NC(=O)OC(C)(C)C)C(C)(C)C. The zero-order chi connectivity index (χ0) is 32.1. The first-order chi connectivity index (χ1) is 20.0. The highest BCUT2D eigenvalue weighted by molar-refractivity contribution is 6.00. The molecule has 3 rings (SSSR count). The summed E-state index contributed by atoms with van der Waals surface area (Å²) in [6, 6.07) is 15.9. The van der Waals surface area contributed by atoms with Crippen LogP contribution >= 0.6 is 0 Å². The lowest BCUT2D eigenvalue weighted by atomic mass is 9.93. The minimum absolute atomic E-state index is 0.0591. The number of aromatic hydroxyl groups is 2. The molecule has 0 saturated heterocycles. The van der Waals surface area contributed by atoms with Gasteiger partial charge in [-0.1, -0.05) is 42.5 Å². The lowest BCUT2D eigenvalue weighted by Gasteiger charge is -2.43. The first kappa shape index (κ1) is 33.0. The van der Waals surface area contributed by atoms with Crippen molar-refractivity contribution in [1.82, 2.24) is 10.2 Å². The fraction of sp³-hybridized carbons (Fsp3) is 0.382. The normalized spacial score (nSPS) is 13.0. The second-order valence-corrected chi connectivity index (χ2v) is 12.7. The number of para-hydroxylation sites is 1. The molecule has 0 saturated carbocycles. The Labute approximate surface area is 253 Å². The van der Waals surface area contributed by atoms with E-state index in [1.165, 1.54) is 29.2 Å². The summed E-state index contributed by atoms with van der Waals surface area (Å²) in [5.74, 6) is -1.00. The zero-order valence-electron chi connectivity index (χ0n) is 26.2. The Balaban J connectivity index is 2.14. The molecule has 2 unspecified atom stereocenters. The number of hydrogen-bond acceptors (Lipinski definition) is 6. The van der Waals surface area contributed by atoms with Crippen molar-refractivity contribution in [3.05, 3.63) is 89.0 Å². The van der Waals surface area contributed by atoms with Crippen LogP contribution in [0.3, 0.4) is 0 Å². The monoisotopic (exact) mass is 589 g/mol. The molecule has 0 aliphatic heterocycles. The van der Waals surface area contributed by atoms with Crippen molar-refractivity contribution in [3.8, 4) is 11.5 Å². The van der Waals surface area contributed by atoms with Gasteiger partial charge in [-0.05, 0) is 102 Å². The zero-order valence-corrected chi connectivity index (χ0v) is 26.2. The molecule has 3 aromatic carbocycles. The average molecular weight is 590 g/mol. The van der Waals surface area contributed by atoms with Gasteiger partial charge in [0.25, 0.3) is 5.91 Å². The molecule has 9 heteroatoms. The van der Waals surface area contributed by atoms with E-state index in [1.807, 2.05) is 32.0 Å². The number of benzene rings is 3. The maximum Gasteiger partial charge on any atom is 0.408 e. The highest BCUT2D eigenvalue weighted by atomic mass is 16.6. The van der Waals surface area contributed by atoms with Gasteiger partial charge in [0.15, 0.2) is 0 Å². The van der Waals surface area contributed by atoms with Crippen molar-refractivity contribution in [2.24, 2.45) is 0 Å². The third-order valence-electron chi connectivity index (χ3n) is 6.75. The van der Waals surface area contributed by atoms with E-state index in [4.69, 9.17) is 4.74 Å². The molecule has 3 amide bonds. The Kier molecular flexibility index (Phi) is 10.1. The Morgan fingerprint density at radius 3 is 1.95 bits per heavy atom. The molecule has 0 fully saturated rings. The van der Waals surface area contributed by atoms with E-state index in [1.54, 1.807) is 65.8 Å². The summed E-state index contributed by atoms with van der Waals surface area (Å²) in [5.41, 5.74) is 1.68. The smallest absolute Gasteiger partial charge is 0.408 e. The number of rotatable bonds is 8. The van der Waals surface area contributed by atoms with Gasteiger partial charge >= 0.3 is 6.09 Å². The van der Waals surface area contributed by atoms with Crippen LogP contribution in [0.25, 0.3) is 0 Å². The van der Waals surface area contributed by atoms with E-state index in [0.717, 1.165) is 11.1 Å². The van der Waals surface area contributed by atoms with E-state index in [9.17, 15) is 24.6 Å². The molecule has 0 aliphatic rings. The summed E-state index contributed by atoms with van der Waals surface area (Å²) in [7, 11) is 0. The number of anilines is 1. The van der Waals surface area contributed by atoms with Gasteiger partial charge in [0.2, 0.25) is 5.91 Å². The molecule has 0 bridgehead atoms. The van der Waals surface area contributed by atoms with Gasteiger partial charge in [0.05, 0.1) is 0 Å². The Bertz CT molecular complexity index is 1430. The summed E-state index contributed by atoms with van der Waals surface area (Å²) in [5, 5.41) is 25.9. The number of ether oxygens (including phenoxy) is 1. The van der Waals surface area contributed by atoms with Gasteiger partial charge in [-0.15, -0.1) is 0 Å².